The highest BCUT2D eigenvalue weighted by Gasteiger charge is 2.09. The van der Waals surface area contributed by atoms with Gasteiger partial charge in [-0.2, -0.15) is 18.4 Å². The lowest BCUT2D eigenvalue weighted by Gasteiger charge is -2.03. The molecule has 1 N–H and O–H groups in total. The maximum Gasteiger partial charge on any atom is 0.362 e. The molecule has 0 bridgehead atoms. The van der Waals surface area contributed by atoms with E-state index >= 15 is 0 Å². The summed E-state index contributed by atoms with van der Waals surface area (Å²) >= 11 is 0. The maximum absolute atomic E-state index is 11.0. The summed E-state index contributed by atoms with van der Waals surface area (Å²) in [5, 5.41) is 2.00. The van der Waals surface area contributed by atoms with Crippen molar-refractivity contribution in [2.75, 3.05) is 26.1 Å². The van der Waals surface area contributed by atoms with Gasteiger partial charge in [-0.05, 0) is 12.1 Å². The zero-order chi connectivity index (χ0) is 20.1. The molecule has 0 aliphatic rings. The number of benzene rings is 1. The Labute approximate surface area is 156 Å². The fourth-order valence-electron chi connectivity index (χ4n) is 1.40. The molecule has 0 spiro atoms. The molecule has 2 amide bonds. The van der Waals surface area contributed by atoms with Crippen LogP contribution in [0.5, 0.6) is 17.8 Å². The predicted molar refractivity (Wildman–Crippen MR) is 94.1 cm³/mol. The van der Waals surface area contributed by atoms with Crippen LogP contribution in [0.3, 0.4) is 0 Å². The van der Waals surface area contributed by atoms with Crippen molar-refractivity contribution in [1.82, 2.24) is 15.0 Å². The van der Waals surface area contributed by atoms with E-state index in [0.29, 0.717) is 6.61 Å². The largest absolute Gasteiger partial charge is 0.481 e. The molecule has 1 aromatic heterocycles. The summed E-state index contributed by atoms with van der Waals surface area (Å²) in [5.74, 6) is 2.97. The standard InChI is InChI=1S/C9H8O.C6H7N5O5S/c1-2-8-10-9-6-4-3-5-7-9;1-15-5-8-3(9-6(10-5)16-2)7-4(12)11-17(13)14/h1,3-7H,8H2;1-2H3,(H,7,8,9,10,12). The Bertz CT molecular complexity index is 897. The number of aromatic nitrogens is 3. The summed E-state index contributed by atoms with van der Waals surface area (Å²) in [5.41, 5.74) is 0. The van der Waals surface area contributed by atoms with Crippen molar-refractivity contribution in [3.05, 3.63) is 30.3 Å². The van der Waals surface area contributed by atoms with Crippen LogP contribution < -0.4 is 19.5 Å². The fraction of sp³-hybridized carbons (Fsp3) is 0.200. The Morgan fingerprint density at radius 2 is 1.74 bits per heavy atom. The zero-order valence-electron chi connectivity index (χ0n) is 14.3. The number of terminal acetylenes is 1. The molecule has 0 atom stereocenters. The number of nitrogens with one attached hydrogen (secondary N) is 1. The SMILES string of the molecule is C#CCOc1ccccc1.COc1nc(NC(=O)N=S(=O)=O)nc(OC)n1. The maximum atomic E-state index is 11.0. The number of urea groups is 1. The Hall–Kier alpha value is -3.72. The minimum absolute atomic E-state index is 0.101. The number of methoxy groups -OCH3 is 2. The molecule has 1 aromatic carbocycles. The third kappa shape index (κ3) is 8.79. The van der Waals surface area contributed by atoms with Crippen LogP contribution in [0.15, 0.2) is 34.7 Å². The molecule has 11 nitrogen and oxygen atoms in total. The average molecular weight is 393 g/mol. The topological polar surface area (TPSA) is 142 Å². The second-order valence-electron chi connectivity index (χ2n) is 4.18. The van der Waals surface area contributed by atoms with Crippen molar-refractivity contribution in [2.45, 2.75) is 0 Å². The van der Waals surface area contributed by atoms with Crippen molar-refractivity contribution < 1.29 is 27.4 Å². The first kappa shape index (κ1) is 21.3. The van der Waals surface area contributed by atoms with Gasteiger partial charge in [-0.25, -0.2) is 4.79 Å². The van der Waals surface area contributed by atoms with Crippen LogP contribution in [0.2, 0.25) is 0 Å². The van der Waals surface area contributed by atoms with Gasteiger partial charge in [-0.15, -0.1) is 11.4 Å². The summed E-state index contributed by atoms with van der Waals surface area (Å²) < 4.78 is 37.4. The molecule has 0 fully saturated rings. The lowest BCUT2D eigenvalue weighted by Crippen LogP contribution is -2.11. The highest BCUT2D eigenvalue weighted by molar-refractivity contribution is 7.62. The van der Waals surface area contributed by atoms with Crippen LogP contribution in [0.4, 0.5) is 10.7 Å². The van der Waals surface area contributed by atoms with Crippen LogP contribution >= 0.6 is 0 Å². The molecular weight excluding hydrogens is 378 g/mol. The van der Waals surface area contributed by atoms with Crippen LogP contribution in [-0.4, -0.2) is 50.2 Å². The molecule has 0 saturated heterocycles. The molecule has 2 rings (SSSR count). The lowest BCUT2D eigenvalue weighted by molar-refractivity contribution is 0.259. The Morgan fingerprint density at radius 1 is 1.15 bits per heavy atom. The lowest BCUT2D eigenvalue weighted by atomic mass is 10.3. The van der Waals surface area contributed by atoms with Crippen molar-refractivity contribution in [3.63, 3.8) is 0 Å². The molecule has 0 unspecified atom stereocenters. The number of ether oxygens (including phenoxy) is 3. The first-order valence-corrected chi connectivity index (χ1v) is 8.09. The van der Waals surface area contributed by atoms with Gasteiger partial charge in [0.2, 0.25) is 5.95 Å². The van der Waals surface area contributed by atoms with Gasteiger partial charge in [0.05, 0.1) is 14.2 Å². The van der Waals surface area contributed by atoms with Gasteiger partial charge in [0, 0.05) is 0 Å². The van der Waals surface area contributed by atoms with Gasteiger partial charge >= 0.3 is 28.6 Å². The molecule has 142 valence electrons. The predicted octanol–water partition coefficient (Wildman–Crippen LogP) is 1.18. The minimum atomic E-state index is -2.85. The molecule has 0 aliphatic heterocycles. The summed E-state index contributed by atoms with van der Waals surface area (Å²) in [6.45, 7) is 0.337. The van der Waals surface area contributed by atoms with Gasteiger partial charge in [-0.3, -0.25) is 5.32 Å². The highest BCUT2D eigenvalue weighted by atomic mass is 32.2. The van der Waals surface area contributed by atoms with Gasteiger partial charge in [0.1, 0.15) is 12.4 Å². The summed E-state index contributed by atoms with van der Waals surface area (Å²) in [7, 11) is -0.248. The van der Waals surface area contributed by atoms with E-state index in [1.54, 1.807) is 0 Å². The zero-order valence-corrected chi connectivity index (χ0v) is 15.1. The average Bonchev–Trinajstić information content (AvgIpc) is 2.66. The molecule has 0 radical (unpaired) electrons. The Balaban J connectivity index is 0.000000309. The number of amides is 2. The normalized spacial score (nSPS) is 8.93. The third-order valence-corrected chi connectivity index (χ3v) is 2.72. The van der Waals surface area contributed by atoms with Crippen LogP contribution in [0.25, 0.3) is 0 Å². The van der Waals surface area contributed by atoms with E-state index in [1.165, 1.54) is 14.2 Å². The van der Waals surface area contributed by atoms with E-state index in [2.05, 4.69) is 25.2 Å². The van der Waals surface area contributed by atoms with E-state index in [-0.39, 0.29) is 18.0 Å². The number of rotatable bonds is 5. The molecule has 12 heteroatoms. The second kappa shape index (κ2) is 11.8. The van der Waals surface area contributed by atoms with Crippen LogP contribution in [-0.2, 0) is 10.5 Å². The van der Waals surface area contributed by atoms with E-state index in [1.807, 2.05) is 35.6 Å². The van der Waals surface area contributed by atoms with Gasteiger partial charge in [0.15, 0.2) is 0 Å². The summed E-state index contributed by atoms with van der Waals surface area (Å²) in [6, 6.07) is 8.15. The Kier molecular flexibility index (Phi) is 9.29. The number of para-hydroxylation sites is 1. The number of hydrogen-bond acceptors (Lipinski definition) is 9. The smallest absolute Gasteiger partial charge is 0.362 e. The monoisotopic (exact) mass is 393 g/mol. The molecule has 0 saturated carbocycles. The van der Waals surface area contributed by atoms with Crippen LogP contribution in [0, 0.1) is 12.3 Å². The second-order valence-corrected chi connectivity index (χ2v) is 4.79. The fourth-order valence-corrected chi connectivity index (χ4v) is 1.59. The van der Waals surface area contributed by atoms with E-state index in [4.69, 9.17) is 20.6 Å². The molecule has 27 heavy (non-hydrogen) atoms. The highest BCUT2D eigenvalue weighted by Crippen LogP contribution is 2.12. The summed E-state index contributed by atoms with van der Waals surface area (Å²) in [6.07, 6.45) is 5.00. The minimum Gasteiger partial charge on any atom is -0.481 e. The number of nitrogens with zero attached hydrogens (tertiary/aromatic N) is 4. The van der Waals surface area contributed by atoms with Crippen molar-refractivity contribution in [1.29, 1.82) is 0 Å². The first-order chi connectivity index (χ1) is 13.0. The van der Waals surface area contributed by atoms with Crippen molar-refractivity contribution >= 4 is 22.5 Å². The first-order valence-electron chi connectivity index (χ1n) is 7.06. The van der Waals surface area contributed by atoms with Gasteiger partial charge < -0.3 is 14.2 Å². The van der Waals surface area contributed by atoms with Crippen molar-refractivity contribution in [2.24, 2.45) is 4.36 Å². The number of hydrogen-bond donors (Lipinski definition) is 1. The molecule has 2 aromatic rings. The van der Waals surface area contributed by atoms with Crippen LogP contribution in [0.1, 0.15) is 0 Å². The van der Waals surface area contributed by atoms with Gasteiger partial charge in [-0.1, -0.05) is 28.5 Å². The quantitative estimate of drug-likeness (QED) is 0.741. The molecule has 0 aliphatic carbocycles. The van der Waals surface area contributed by atoms with Gasteiger partial charge in [0.25, 0.3) is 0 Å². The summed E-state index contributed by atoms with van der Waals surface area (Å²) in [4.78, 5) is 21.9. The Morgan fingerprint density at radius 3 is 2.22 bits per heavy atom. The van der Waals surface area contributed by atoms with E-state index < -0.39 is 16.5 Å². The van der Waals surface area contributed by atoms with Crippen molar-refractivity contribution in [3.8, 4) is 30.1 Å². The molecular formula is C15H15N5O6S. The number of anilines is 1. The number of carbonyl (C=O) groups is 1. The van der Waals surface area contributed by atoms with E-state index in [0.717, 1.165) is 5.75 Å². The number of carbonyl (C=O) groups excluding carboxylic acids is 1. The third-order valence-electron chi connectivity index (χ3n) is 2.40. The molecule has 1 heterocycles. The van der Waals surface area contributed by atoms with E-state index in [9.17, 15) is 13.2 Å².